The Kier molecular flexibility index (Phi) is 6.01. The molecule has 1 amide bonds. The predicted octanol–water partition coefficient (Wildman–Crippen LogP) is 5.05. The number of aliphatic hydroxyl groups is 1. The number of carbonyl (C=O) groups is 2. The van der Waals surface area contributed by atoms with Gasteiger partial charge in [-0.15, -0.1) is 0 Å². The van der Waals surface area contributed by atoms with Crippen molar-refractivity contribution >= 4 is 34.9 Å². The zero-order valence-corrected chi connectivity index (χ0v) is 18.3. The van der Waals surface area contributed by atoms with Gasteiger partial charge in [-0.1, -0.05) is 35.8 Å². The quantitative estimate of drug-likeness (QED) is 0.319. The molecule has 1 saturated heterocycles. The zero-order valence-electron chi connectivity index (χ0n) is 17.5. The Hall–Kier alpha value is -3.58. The van der Waals surface area contributed by atoms with E-state index in [9.17, 15) is 14.7 Å². The van der Waals surface area contributed by atoms with Gasteiger partial charge in [0.2, 0.25) is 0 Å². The van der Waals surface area contributed by atoms with E-state index >= 15 is 0 Å². The molecule has 1 fully saturated rings. The van der Waals surface area contributed by atoms with Crippen LogP contribution in [0.1, 0.15) is 36.3 Å². The van der Waals surface area contributed by atoms with Gasteiger partial charge < -0.3 is 14.4 Å². The number of aliphatic hydroxyl groups excluding tert-OH is 1. The highest BCUT2D eigenvalue weighted by molar-refractivity contribution is 6.51. The summed E-state index contributed by atoms with van der Waals surface area (Å²) >= 11 is 5.95. The van der Waals surface area contributed by atoms with Gasteiger partial charge in [-0.05, 0) is 55.3 Å². The molecular formula is C24H21ClN2O5. The van der Waals surface area contributed by atoms with Crippen LogP contribution in [0.25, 0.3) is 5.76 Å². The van der Waals surface area contributed by atoms with Gasteiger partial charge in [0.05, 0.1) is 18.2 Å². The number of hydrogen-bond donors (Lipinski definition) is 1. The minimum Gasteiger partial charge on any atom is -0.507 e. The van der Waals surface area contributed by atoms with Gasteiger partial charge in [0, 0.05) is 16.7 Å². The van der Waals surface area contributed by atoms with Gasteiger partial charge in [-0.3, -0.25) is 14.5 Å². The van der Waals surface area contributed by atoms with Crippen molar-refractivity contribution in [2.24, 2.45) is 0 Å². The molecule has 2 heterocycles. The highest BCUT2D eigenvalue weighted by Crippen LogP contribution is 2.42. The number of rotatable bonds is 6. The van der Waals surface area contributed by atoms with Gasteiger partial charge in [0.15, 0.2) is 5.82 Å². The van der Waals surface area contributed by atoms with E-state index in [1.54, 1.807) is 61.5 Å². The maximum Gasteiger partial charge on any atom is 0.301 e. The van der Waals surface area contributed by atoms with Crippen molar-refractivity contribution in [1.82, 2.24) is 5.16 Å². The Morgan fingerprint density at radius 3 is 2.44 bits per heavy atom. The van der Waals surface area contributed by atoms with Crippen molar-refractivity contribution in [2.45, 2.75) is 26.3 Å². The Morgan fingerprint density at radius 2 is 1.84 bits per heavy atom. The lowest BCUT2D eigenvalue weighted by atomic mass is 9.95. The number of ether oxygens (including phenoxy) is 1. The maximum absolute atomic E-state index is 13.1. The van der Waals surface area contributed by atoms with E-state index in [0.29, 0.717) is 34.3 Å². The maximum atomic E-state index is 13.1. The number of nitrogens with zero attached hydrogens (tertiary/aromatic N) is 2. The molecule has 8 heteroatoms. The van der Waals surface area contributed by atoms with Crippen molar-refractivity contribution in [3.05, 3.63) is 82.1 Å². The van der Waals surface area contributed by atoms with Crippen LogP contribution in [0, 0.1) is 6.92 Å². The van der Waals surface area contributed by atoms with Crippen LogP contribution in [0.2, 0.25) is 5.02 Å². The van der Waals surface area contributed by atoms with Crippen LogP contribution in [0.5, 0.6) is 5.75 Å². The molecule has 3 aromatic rings. The first-order valence-corrected chi connectivity index (χ1v) is 10.5. The number of halogens is 1. The number of Topliss-reactive ketones (excluding diaryl/α,β-unsaturated/α-hetero) is 1. The molecule has 1 N–H and O–H groups in total. The molecule has 0 saturated carbocycles. The number of anilines is 1. The largest absolute Gasteiger partial charge is 0.507 e. The fourth-order valence-corrected chi connectivity index (χ4v) is 3.71. The molecule has 0 aliphatic carbocycles. The Morgan fingerprint density at radius 1 is 1.16 bits per heavy atom. The molecule has 164 valence electrons. The van der Waals surface area contributed by atoms with Crippen molar-refractivity contribution in [1.29, 1.82) is 0 Å². The highest BCUT2D eigenvalue weighted by Gasteiger charge is 2.48. The number of hydrogen-bond acceptors (Lipinski definition) is 6. The summed E-state index contributed by atoms with van der Waals surface area (Å²) in [7, 11) is 0. The van der Waals surface area contributed by atoms with E-state index in [1.807, 2.05) is 6.92 Å². The molecule has 0 spiro atoms. The van der Waals surface area contributed by atoms with Gasteiger partial charge in [-0.25, -0.2) is 0 Å². The molecule has 32 heavy (non-hydrogen) atoms. The molecule has 0 unspecified atom stereocenters. The van der Waals surface area contributed by atoms with Crippen LogP contribution in [0.3, 0.4) is 0 Å². The molecule has 4 rings (SSSR count). The first-order chi connectivity index (χ1) is 15.4. The van der Waals surface area contributed by atoms with E-state index in [4.69, 9.17) is 20.9 Å². The second kappa shape index (κ2) is 8.88. The summed E-state index contributed by atoms with van der Waals surface area (Å²) in [5, 5.41) is 15.5. The molecule has 7 nitrogen and oxygen atoms in total. The third-order valence-electron chi connectivity index (χ3n) is 5.09. The fourth-order valence-electron chi connectivity index (χ4n) is 3.58. The number of aromatic nitrogens is 1. The number of ketones is 1. The molecular weight excluding hydrogens is 432 g/mol. The predicted molar refractivity (Wildman–Crippen MR) is 120 cm³/mol. The van der Waals surface area contributed by atoms with E-state index in [1.165, 1.54) is 4.90 Å². The van der Waals surface area contributed by atoms with Gasteiger partial charge >= 0.3 is 5.91 Å². The Balaban J connectivity index is 1.85. The molecule has 2 aromatic carbocycles. The lowest BCUT2D eigenvalue weighted by Gasteiger charge is -2.23. The summed E-state index contributed by atoms with van der Waals surface area (Å²) in [5.74, 6) is -0.557. The van der Waals surface area contributed by atoms with E-state index in [0.717, 1.165) is 6.42 Å². The standard InChI is InChI=1S/C24H21ClN2O5/c1-3-12-31-18-10-6-15(7-11-18)21-20(22(28)16-4-8-17(25)9-5-16)23(29)24(30)27(21)19-13-14(2)32-26-19/h4-11,13,21,28H,3,12H2,1-2H3/b22-20+/t21-/m1/s1. The summed E-state index contributed by atoms with van der Waals surface area (Å²) in [6.45, 7) is 4.28. The first kappa shape index (κ1) is 21.6. The Labute approximate surface area is 189 Å². The molecule has 1 atom stereocenters. The highest BCUT2D eigenvalue weighted by atomic mass is 35.5. The lowest BCUT2D eigenvalue weighted by molar-refractivity contribution is -0.132. The number of amides is 1. The van der Waals surface area contributed by atoms with Crippen LogP contribution >= 0.6 is 11.6 Å². The summed E-state index contributed by atoms with van der Waals surface area (Å²) in [6, 6.07) is 14.1. The minimum atomic E-state index is -0.893. The SMILES string of the molecule is CCCOc1ccc([C@@H]2/C(=C(\O)c3ccc(Cl)cc3)C(=O)C(=O)N2c2cc(C)on2)cc1. The lowest BCUT2D eigenvalue weighted by Crippen LogP contribution is -2.29. The third-order valence-corrected chi connectivity index (χ3v) is 5.35. The van der Waals surface area contributed by atoms with Crippen LogP contribution in [0.4, 0.5) is 5.82 Å². The average molecular weight is 453 g/mol. The third kappa shape index (κ3) is 3.99. The molecule has 0 radical (unpaired) electrons. The monoisotopic (exact) mass is 452 g/mol. The smallest absolute Gasteiger partial charge is 0.301 e. The Bertz CT molecular complexity index is 1180. The van der Waals surface area contributed by atoms with Crippen LogP contribution < -0.4 is 9.64 Å². The first-order valence-electron chi connectivity index (χ1n) is 10.1. The van der Waals surface area contributed by atoms with Gasteiger partial charge in [-0.2, -0.15) is 0 Å². The summed E-state index contributed by atoms with van der Waals surface area (Å²) in [6.07, 6.45) is 0.870. The van der Waals surface area contributed by atoms with Crippen molar-refractivity contribution in [2.75, 3.05) is 11.5 Å². The van der Waals surface area contributed by atoms with Gasteiger partial charge in [0.25, 0.3) is 5.78 Å². The second-order valence-electron chi connectivity index (χ2n) is 7.39. The normalized spacial score (nSPS) is 17.7. The average Bonchev–Trinajstić information content (AvgIpc) is 3.33. The van der Waals surface area contributed by atoms with Crippen LogP contribution in [-0.2, 0) is 9.59 Å². The molecule has 1 aliphatic heterocycles. The summed E-state index contributed by atoms with van der Waals surface area (Å²) in [5.41, 5.74) is 0.945. The van der Waals surface area contributed by atoms with Crippen LogP contribution in [0.15, 0.2) is 64.7 Å². The molecule has 0 bridgehead atoms. The summed E-state index contributed by atoms with van der Waals surface area (Å²) < 4.78 is 10.8. The topological polar surface area (TPSA) is 92.9 Å². The van der Waals surface area contributed by atoms with E-state index in [2.05, 4.69) is 5.16 Å². The number of aryl methyl sites for hydroxylation is 1. The molecule has 1 aliphatic rings. The van der Waals surface area contributed by atoms with Gasteiger partial charge in [0.1, 0.15) is 17.3 Å². The van der Waals surface area contributed by atoms with E-state index in [-0.39, 0.29) is 17.2 Å². The number of benzene rings is 2. The van der Waals surface area contributed by atoms with Crippen molar-refractivity contribution < 1.29 is 24.0 Å². The minimum absolute atomic E-state index is 0.0415. The second-order valence-corrected chi connectivity index (χ2v) is 7.83. The molecule has 1 aromatic heterocycles. The van der Waals surface area contributed by atoms with Crippen molar-refractivity contribution in [3.8, 4) is 5.75 Å². The van der Waals surface area contributed by atoms with Crippen molar-refractivity contribution in [3.63, 3.8) is 0 Å². The zero-order chi connectivity index (χ0) is 22.8. The summed E-state index contributed by atoms with van der Waals surface area (Å²) in [4.78, 5) is 27.3. The van der Waals surface area contributed by atoms with E-state index < -0.39 is 17.7 Å². The fraction of sp³-hybridized carbons (Fsp3) is 0.208. The van der Waals surface area contributed by atoms with Crippen LogP contribution in [-0.4, -0.2) is 28.6 Å². The number of carbonyl (C=O) groups excluding carboxylic acids is 2.